The van der Waals surface area contributed by atoms with Crippen molar-refractivity contribution in [1.82, 2.24) is 20.0 Å². The number of aryl methyl sites for hydroxylation is 1. The summed E-state index contributed by atoms with van der Waals surface area (Å²) in [5.41, 5.74) is 2.52. The average Bonchev–Trinajstić information content (AvgIpc) is 3.46. The maximum atomic E-state index is 12.8. The minimum absolute atomic E-state index is 0.165. The zero-order chi connectivity index (χ0) is 25.9. The molecule has 1 aliphatic heterocycles. The van der Waals surface area contributed by atoms with Crippen molar-refractivity contribution in [3.63, 3.8) is 0 Å². The first kappa shape index (κ1) is 25.5. The molecule has 192 valence electrons. The SMILES string of the molecule is COCCNC(=O)c1ccc2nn(CC3CCN(C(=O)c4ccc(OC(F)(F)F)cc4)C3)cc2c1C. The second-order valence-corrected chi connectivity index (χ2v) is 8.75. The number of rotatable bonds is 8. The summed E-state index contributed by atoms with van der Waals surface area (Å²) in [6.45, 7) is 4.42. The van der Waals surface area contributed by atoms with Gasteiger partial charge in [-0.2, -0.15) is 5.10 Å². The molecule has 1 atom stereocenters. The van der Waals surface area contributed by atoms with Gasteiger partial charge in [-0.15, -0.1) is 13.2 Å². The molecule has 36 heavy (non-hydrogen) atoms. The predicted molar refractivity (Wildman–Crippen MR) is 126 cm³/mol. The Bertz CT molecular complexity index is 1240. The number of alkyl halides is 3. The van der Waals surface area contributed by atoms with E-state index in [-0.39, 0.29) is 23.5 Å². The fourth-order valence-corrected chi connectivity index (χ4v) is 4.39. The summed E-state index contributed by atoms with van der Waals surface area (Å²) in [4.78, 5) is 27.0. The molecule has 1 aliphatic rings. The summed E-state index contributed by atoms with van der Waals surface area (Å²) in [7, 11) is 1.58. The van der Waals surface area contributed by atoms with Gasteiger partial charge >= 0.3 is 6.36 Å². The summed E-state index contributed by atoms with van der Waals surface area (Å²) in [5.74, 6) is -0.591. The van der Waals surface area contributed by atoms with Crippen molar-refractivity contribution in [3.05, 3.63) is 59.3 Å². The summed E-state index contributed by atoms with van der Waals surface area (Å²) in [5, 5.41) is 8.35. The van der Waals surface area contributed by atoms with E-state index in [1.165, 1.54) is 12.1 Å². The van der Waals surface area contributed by atoms with Crippen LogP contribution in [0.25, 0.3) is 10.9 Å². The molecular weight excluding hydrogens is 477 g/mol. The van der Waals surface area contributed by atoms with Crippen molar-refractivity contribution in [1.29, 1.82) is 0 Å². The molecule has 0 aliphatic carbocycles. The molecule has 0 saturated carbocycles. The third-order valence-electron chi connectivity index (χ3n) is 6.20. The zero-order valence-corrected chi connectivity index (χ0v) is 20.0. The largest absolute Gasteiger partial charge is 0.573 e. The second-order valence-electron chi connectivity index (χ2n) is 8.75. The number of carbonyl (C=O) groups excluding carboxylic acids is 2. The molecule has 1 unspecified atom stereocenters. The summed E-state index contributed by atoms with van der Waals surface area (Å²) in [6.07, 6.45) is -2.08. The van der Waals surface area contributed by atoms with Crippen LogP contribution in [0.2, 0.25) is 0 Å². The molecule has 11 heteroatoms. The normalized spacial score (nSPS) is 15.9. The number of carbonyl (C=O) groups is 2. The number of nitrogens with zero attached hydrogens (tertiary/aromatic N) is 3. The van der Waals surface area contributed by atoms with E-state index >= 15 is 0 Å². The number of benzene rings is 2. The van der Waals surface area contributed by atoms with Crippen LogP contribution < -0.4 is 10.1 Å². The molecule has 0 spiro atoms. The molecule has 4 rings (SSSR count). The standard InChI is InChI=1S/C25H27F3N4O4/c1-16-20(23(33)29-10-12-35-2)7-8-22-21(16)15-32(30-22)14-17-9-11-31(13-17)24(34)18-3-5-19(6-4-18)36-25(26,27)28/h3-8,15,17H,9-14H2,1-2H3,(H,29,33). The van der Waals surface area contributed by atoms with Gasteiger partial charge in [-0.3, -0.25) is 14.3 Å². The Morgan fingerprint density at radius 1 is 1.17 bits per heavy atom. The van der Waals surface area contributed by atoms with Gasteiger partial charge in [0.15, 0.2) is 0 Å². The lowest BCUT2D eigenvalue weighted by Crippen LogP contribution is -2.29. The van der Waals surface area contributed by atoms with E-state index in [0.29, 0.717) is 43.9 Å². The predicted octanol–water partition coefficient (Wildman–Crippen LogP) is 3.78. The van der Waals surface area contributed by atoms with Crippen LogP contribution >= 0.6 is 0 Å². The van der Waals surface area contributed by atoms with E-state index in [1.807, 2.05) is 23.9 Å². The number of methoxy groups -OCH3 is 1. The Labute approximate surface area is 206 Å². The molecule has 1 aromatic heterocycles. The van der Waals surface area contributed by atoms with Crippen molar-refractivity contribution in [2.24, 2.45) is 5.92 Å². The van der Waals surface area contributed by atoms with Crippen LogP contribution in [0.1, 0.15) is 32.7 Å². The molecule has 2 amide bonds. The molecule has 2 heterocycles. The van der Waals surface area contributed by atoms with Crippen LogP contribution in [0.5, 0.6) is 5.75 Å². The van der Waals surface area contributed by atoms with Gasteiger partial charge in [0.05, 0.1) is 12.1 Å². The van der Waals surface area contributed by atoms with Gasteiger partial charge in [0.2, 0.25) is 0 Å². The highest BCUT2D eigenvalue weighted by Crippen LogP contribution is 2.26. The van der Waals surface area contributed by atoms with Crippen LogP contribution in [0, 0.1) is 12.8 Å². The minimum Gasteiger partial charge on any atom is -0.406 e. The van der Waals surface area contributed by atoms with E-state index in [4.69, 9.17) is 4.74 Å². The number of nitrogens with one attached hydrogen (secondary N) is 1. The van der Waals surface area contributed by atoms with Gasteiger partial charge < -0.3 is 19.7 Å². The van der Waals surface area contributed by atoms with Gasteiger partial charge in [-0.05, 0) is 61.2 Å². The van der Waals surface area contributed by atoms with Gasteiger partial charge in [-0.25, -0.2) is 0 Å². The van der Waals surface area contributed by atoms with Gasteiger partial charge in [0, 0.05) is 56.0 Å². The van der Waals surface area contributed by atoms with Crippen LogP contribution in [-0.4, -0.2) is 66.2 Å². The van der Waals surface area contributed by atoms with Gasteiger partial charge in [0.25, 0.3) is 11.8 Å². The van der Waals surface area contributed by atoms with E-state index in [2.05, 4.69) is 15.2 Å². The number of likely N-dealkylation sites (tertiary alicyclic amines) is 1. The van der Waals surface area contributed by atoms with Crippen molar-refractivity contribution in [3.8, 4) is 5.75 Å². The van der Waals surface area contributed by atoms with E-state index in [9.17, 15) is 22.8 Å². The Balaban J connectivity index is 1.38. The third-order valence-corrected chi connectivity index (χ3v) is 6.20. The second kappa shape index (κ2) is 10.6. The maximum absolute atomic E-state index is 12.8. The molecular formula is C25H27F3N4O4. The number of aromatic nitrogens is 2. The number of hydrogen-bond acceptors (Lipinski definition) is 5. The molecule has 3 aromatic rings. The molecule has 8 nitrogen and oxygen atoms in total. The van der Waals surface area contributed by atoms with Crippen molar-refractivity contribution >= 4 is 22.7 Å². The highest BCUT2D eigenvalue weighted by atomic mass is 19.4. The molecule has 0 bridgehead atoms. The Hall–Kier alpha value is -3.60. The quantitative estimate of drug-likeness (QED) is 0.472. The number of amides is 2. The summed E-state index contributed by atoms with van der Waals surface area (Å²) >= 11 is 0. The van der Waals surface area contributed by atoms with Crippen molar-refractivity contribution < 1.29 is 32.2 Å². The van der Waals surface area contributed by atoms with Crippen molar-refractivity contribution in [2.75, 3.05) is 33.4 Å². The van der Waals surface area contributed by atoms with E-state index in [1.54, 1.807) is 18.1 Å². The Morgan fingerprint density at radius 2 is 1.92 bits per heavy atom. The lowest BCUT2D eigenvalue weighted by molar-refractivity contribution is -0.274. The smallest absolute Gasteiger partial charge is 0.406 e. The van der Waals surface area contributed by atoms with Crippen LogP contribution in [-0.2, 0) is 11.3 Å². The molecule has 1 fully saturated rings. The highest BCUT2D eigenvalue weighted by Gasteiger charge is 2.31. The summed E-state index contributed by atoms with van der Waals surface area (Å²) in [6, 6.07) is 8.53. The molecule has 1 saturated heterocycles. The molecule has 2 aromatic carbocycles. The lowest BCUT2D eigenvalue weighted by Gasteiger charge is -2.17. The Kier molecular flexibility index (Phi) is 7.48. The number of ether oxygens (including phenoxy) is 2. The highest BCUT2D eigenvalue weighted by molar-refractivity contribution is 6.00. The van der Waals surface area contributed by atoms with Crippen LogP contribution in [0.4, 0.5) is 13.2 Å². The average molecular weight is 505 g/mol. The topological polar surface area (TPSA) is 85.7 Å². The fraction of sp³-hybridized carbons (Fsp3) is 0.400. The lowest BCUT2D eigenvalue weighted by atomic mass is 10.0. The summed E-state index contributed by atoms with van der Waals surface area (Å²) < 4.78 is 47.7. The maximum Gasteiger partial charge on any atom is 0.573 e. The first-order valence-electron chi connectivity index (χ1n) is 11.5. The van der Waals surface area contributed by atoms with E-state index < -0.39 is 6.36 Å². The van der Waals surface area contributed by atoms with Gasteiger partial charge in [0.1, 0.15) is 5.75 Å². The number of hydrogen-bond donors (Lipinski definition) is 1. The number of fused-ring (bicyclic) bond motifs is 1. The third kappa shape index (κ3) is 5.96. The fourth-order valence-electron chi connectivity index (χ4n) is 4.39. The molecule has 1 N–H and O–H groups in total. The van der Waals surface area contributed by atoms with E-state index in [0.717, 1.165) is 35.0 Å². The van der Waals surface area contributed by atoms with Crippen molar-refractivity contribution in [2.45, 2.75) is 26.3 Å². The van der Waals surface area contributed by atoms with Gasteiger partial charge in [-0.1, -0.05) is 0 Å². The zero-order valence-electron chi connectivity index (χ0n) is 20.0. The minimum atomic E-state index is -4.78. The monoisotopic (exact) mass is 504 g/mol. The van der Waals surface area contributed by atoms with Crippen LogP contribution in [0.3, 0.4) is 0 Å². The molecule has 0 radical (unpaired) electrons. The first-order valence-corrected chi connectivity index (χ1v) is 11.5. The van der Waals surface area contributed by atoms with Crippen LogP contribution in [0.15, 0.2) is 42.6 Å². The Morgan fingerprint density at radius 3 is 2.61 bits per heavy atom. The first-order chi connectivity index (χ1) is 17.1. The number of halogens is 3.